The van der Waals surface area contributed by atoms with E-state index in [0.29, 0.717) is 17.4 Å². The van der Waals surface area contributed by atoms with Crippen molar-refractivity contribution < 1.29 is 20.1 Å². The van der Waals surface area contributed by atoms with Crippen molar-refractivity contribution >= 4 is 17.1 Å². The summed E-state index contributed by atoms with van der Waals surface area (Å²) in [6.07, 6.45) is 0.732. The Kier molecular flexibility index (Phi) is 3.95. The number of carbonyl (C=O) groups excluding carboxylic acids is 1. The number of aldehydes is 1. The molecule has 0 spiro atoms. The quantitative estimate of drug-likeness (QED) is 0.591. The third-order valence-corrected chi connectivity index (χ3v) is 3.61. The van der Waals surface area contributed by atoms with Crippen molar-refractivity contribution in [3.63, 3.8) is 0 Å². The van der Waals surface area contributed by atoms with E-state index in [0.717, 1.165) is 16.3 Å². The molecule has 0 radical (unpaired) electrons. The van der Waals surface area contributed by atoms with Gasteiger partial charge in [0, 0.05) is 30.1 Å². The minimum atomic E-state index is -0.310. The Bertz CT molecular complexity index is 661. The van der Waals surface area contributed by atoms with Crippen LogP contribution in [0.3, 0.4) is 0 Å². The van der Waals surface area contributed by atoms with Crippen LogP contribution in [-0.4, -0.2) is 28.2 Å². The Morgan fingerprint density at radius 1 is 1.20 bits per heavy atom. The van der Waals surface area contributed by atoms with Gasteiger partial charge in [-0.25, -0.2) is 0 Å². The van der Waals surface area contributed by atoms with E-state index in [1.165, 1.54) is 0 Å². The highest BCUT2D eigenvalue weighted by Crippen LogP contribution is 2.43. The van der Waals surface area contributed by atoms with Gasteiger partial charge in [-0.15, -0.1) is 0 Å². The number of hydrogen-bond donors (Lipinski definition) is 3. The third kappa shape index (κ3) is 2.23. The molecule has 1 atom stereocenters. The van der Waals surface area contributed by atoms with Crippen molar-refractivity contribution in [2.45, 2.75) is 26.2 Å². The highest BCUT2D eigenvalue weighted by molar-refractivity contribution is 5.95. The topological polar surface area (TPSA) is 77.8 Å². The maximum absolute atomic E-state index is 10.8. The largest absolute Gasteiger partial charge is 0.504 e. The summed E-state index contributed by atoms with van der Waals surface area (Å²) in [5.74, 6) is -0.833. The molecular formula is C16H18O4. The summed E-state index contributed by atoms with van der Waals surface area (Å²) in [5, 5.41) is 31.2. The molecule has 2 aromatic carbocycles. The number of aliphatic hydroxyl groups is 1. The van der Waals surface area contributed by atoms with E-state index in [9.17, 15) is 20.1 Å². The standard InChI is InChI=1S/C16H18O4/c1-9-3-4-11-12(5-6-17)15(19)16(20)14(10(2)8-18)13(11)7-9/h3-4,6-7,10,18-20H,5,8H2,1-2H3. The van der Waals surface area contributed by atoms with Crippen LogP contribution in [0, 0.1) is 6.92 Å². The van der Waals surface area contributed by atoms with Crippen LogP contribution < -0.4 is 0 Å². The second kappa shape index (κ2) is 5.51. The Hall–Kier alpha value is -2.07. The fraction of sp³-hybridized carbons (Fsp3) is 0.312. The minimum Gasteiger partial charge on any atom is -0.504 e. The van der Waals surface area contributed by atoms with Crippen LogP contribution in [0.5, 0.6) is 11.5 Å². The summed E-state index contributed by atoms with van der Waals surface area (Å²) in [5.41, 5.74) is 1.94. The van der Waals surface area contributed by atoms with Gasteiger partial charge in [0.1, 0.15) is 6.29 Å². The fourth-order valence-electron chi connectivity index (χ4n) is 2.55. The molecule has 0 saturated carbocycles. The van der Waals surface area contributed by atoms with Gasteiger partial charge in [0.15, 0.2) is 11.5 Å². The summed E-state index contributed by atoms with van der Waals surface area (Å²) < 4.78 is 0. The van der Waals surface area contributed by atoms with Crippen LogP contribution in [0.4, 0.5) is 0 Å². The summed E-state index contributed by atoms with van der Waals surface area (Å²) >= 11 is 0. The molecule has 2 rings (SSSR count). The van der Waals surface area contributed by atoms with E-state index in [1.807, 2.05) is 25.1 Å². The molecule has 0 aliphatic carbocycles. The van der Waals surface area contributed by atoms with Gasteiger partial charge >= 0.3 is 0 Å². The van der Waals surface area contributed by atoms with E-state index < -0.39 is 0 Å². The molecule has 0 aromatic heterocycles. The lowest BCUT2D eigenvalue weighted by atomic mass is 9.89. The molecule has 20 heavy (non-hydrogen) atoms. The maximum atomic E-state index is 10.8. The molecule has 0 fully saturated rings. The molecule has 0 heterocycles. The molecule has 0 bridgehead atoms. The van der Waals surface area contributed by atoms with E-state index in [2.05, 4.69) is 0 Å². The molecule has 4 heteroatoms. The Labute approximate surface area is 117 Å². The molecule has 0 aliphatic rings. The van der Waals surface area contributed by atoms with Gasteiger partial charge in [0.2, 0.25) is 0 Å². The van der Waals surface area contributed by atoms with Crippen molar-refractivity contribution in [1.82, 2.24) is 0 Å². The van der Waals surface area contributed by atoms with Gasteiger partial charge in [-0.05, 0) is 17.7 Å². The molecule has 0 aliphatic heterocycles. The molecule has 4 nitrogen and oxygen atoms in total. The van der Waals surface area contributed by atoms with Crippen LogP contribution in [0.25, 0.3) is 10.8 Å². The zero-order valence-corrected chi connectivity index (χ0v) is 11.6. The molecule has 0 amide bonds. The minimum absolute atomic E-state index is 0.0345. The first-order valence-electron chi connectivity index (χ1n) is 6.52. The van der Waals surface area contributed by atoms with Crippen LogP contribution >= 0.6 is 0 Å². The molecule has 1 unspecified atom stereocenters. The second-order valence-electron chi connectivity index (χ2n) is 5.09. The molecule has 106 valence electrons. The van der Waals surface area contributed by atoms with Gasteiger partial charge in [-0.1, -0.05) is 30.7 Å². The second-order valence-corrected chi connectivity index (χ2v) is 5.09. The monoisotopic (exact) mass is 274 g/mol. The number of aryl methyl sites for hydroxylation is 1. The number of hydrogen-bond acceptors (Lipinski definition) is 4. The van der Waals surface area contributed by atoms with Crippen LogP contribution in [0.2, 0.25) is 0 Å². The molecule has 3 N–H and O–H groups in total. The van der Waals surface area contributed by atoms with E-state index in [1.54, 1.807) is 6.92 Å². The highest BCUT2D eigenvalue weighted by atomic mass is 16.3. The zero-order chi connectivity index (χ0) is 14.9. The van der Waals surface area contributed by atoms with Crippen molar-refractivity contribution in [3.8, 4) is 11.5 Å². The summed E-state index contributed by atoms with van der Waals surface area (Å²) in [4.78, 5) is 10.8. The van der Waals surface area contributed by atoms with Gasteiger partial charge < -0.3 is 20.1 Å². The lowest BCUT2D eigenvalue weighted by Crippen LogP contribution is -2.03. The van der Waals surface area contributed by atoms with Crippen LogP contribution in [0.15, 0.2) is 18.2 Å². The number of aromatic hydroxyl groups is 2. The lowest BCUT2D eigenvalue weighted by Gasteiger charge is -2.18. The highest BCUT2D eigenvalue weighted by Gasteiger charge is 2.21. The first kappa shape index (κ1) is 14.3. The normalized spacial score (nSPS) is 12.6. The third-order valence-electron chi connectivity index (χ3n) is 3.61. The maximum Gasteiger partial charge on any atom is 0.162 e. The zero-order valence-electron chi connectivity index (χ0n) is 11.6. The number of carbonyl (C=O) groups is 1. The number of fused-ring (bicyclic) bond motifs is 1. The van der Waals surface area contributed by atoms with Gasteiger partial charge in [0.25, 0.3) is 0 Å². The predicted molar refractivity (Wildman–Crippen MR) is 77.3 cm³/mol. The van der Waals surface area contributed by atoms with Crippen molar-refractivity contribution in [1.29, 1.82) is 0 Å². The van der Waals surface area contributed by atoms with Crippen molar-refractivity contribution in [2.24, 2.45) is 0 Å². The Morgan fingerprint density at radius 3 is 2.50 bits per heavy atom. The predicted octanol–water partition coefficient (Wildman–Crippen LogP) is 2.40. The number of rotatable bonds is 4. The van der Waals surface area contributed by atoms with Crippen LogP contribution in [-0.2, 0) is 11.2 Å². The summed E-state index contributed by atoms with van der Waals surface area (Å²) in [6.45, 7) is 3.56. The SMILES string of the molecule is Cc1ccc2c(CC=O)c(O)c(O)c(C(C)CO)c2c1. The molecular weight excluding hydrogens is 256 g/mol. The van der Waals surface area contributed by atoms with Crippen LogP contribution in [0.1, 0.15) is 29.5 Å². The number of benzene rings is 2. The van der Waals surface area contributed by atoms with E-state index in [4.69, 9.17) is 0 Å². The Balaban J connectivity index is 2.92. The Morgan fingerprint density at radius 2 is 1.90 bits per heavy atom. The van der Waals surface area contributed by atoms with E-state index in [-0.39, 0.29) is 30.4 Å². The van der Waals surface area contributed by atoms with Gasteiger partial charge in [-0.3, -0.25) is 0 Å². The first-order valence-corrected chi connectivity index (χ1v) is 6.52. The number of aliphatic hydroxyl groups excluding tert-OH is 1. The molecule has 2 aromatic rings. The van der Waals surface area contributed by atoms with Gasteiger partial charge in [0.05, 0.1) is 0 Å². The number of phenolic OH excluding ortho intramolecular Hbond substituents is 2. The fourth-order valence-corrected chi connectivity index (χ4v) is 2.55. The number of phenols is 2. The average molecular weight is 274 g/mol. The molecule has 0 saturated heterocycles. The smallest absolute Gasteiger partial charge is 0.162 e. The summed E-state index contributed by atoms with van der Waals surface area (Å²) in [7, 11) is 0. The van der Waals surface area contributed by atoms with Crippen molar-refractivity contribution in [2.75, 3.05) is 6.61 Å². The van der Waals surface area contributed by atoms with Crippen molar-refractivity contribution in [3.05, 3.63) is 34.9 Å². The van der Waals surface area contributed by atoms with E-state index >= 15 is 0 Å². The van der Waals surface area contributed by atoms with Gasteiger partial charge in [-0.2, -0.15) is 0 Å². The lowest BCUT2D eigenvalue weighted by molar-refractivity contribution is -0.107. The first-order chi connectivity index (χ1) is 9.51. The average Bonchev–Trinajstić information content (AvgIpc) is 2.43. The summed E-state index contributed by atoms with van der Waals surface area (Å²) in [6, 6.07) is 5.61.